The molecule has 0 aliphatic rings. The van der Waals surface area contributed by atoms with Crippen molar-refractivity contribution >= 4 is 10.9 Å². The van der Waals surface area contributed by atoms with E-state index < -0.39 is 0 Å². The van der Waals surface area contributed by atoms with E-state index in [1.165, 1.54) is 28.8 Å². The molecular weight excluding hydrogens is 303 g/mol. The average molecular weight is 326 g/mol. The van der Waals surface area contributed by atoms with Gasteiger partial charge in [0.25, 0.3) is 0 Å². The summed E-state index contributed by atoms with van der Waals surface area (Å²) < 4.78 is 21.2. The van der Waals surface area contributed by atoms with Gasteiger partial charge < -0.3 is 9.30 Å². The molecular formula is C20H23FN2O. The molecule has 126 valence electrons. The molecule has 0 bridgehead atoms. The average Bonchev–Trinajstić information content (AvgIpc) is 2.83. The molecule has 2 heterocycles. The molecule has 0 N–H and O–H groups in total. The molecule has 0 aliphatic heterocycles. The van der Waals surface area contributed by atoms with E-state index in [1.54, 1.807) is 18.3 Å². The largest absolute Gasteiger partial charge is 0.476 e. The maximum absolute atomic E-state index is 13.0. The fraction of sp³-hybridized carbons (Fsp3) is 0.350. The molecule has 0 saturated carbocycles. The summed E-state index contributed by atoms with van der Waals surface area (Å²) in [6.45, 7) is 7.94. The van der Waals surface area contributed by atoms with Gasteiger partial charge in [-0.3, -0.25) is 0 Å². The van der Waals surface area contributed by atoms with Crippen LogP contribution in [0.2, 0.25) is 0 Å². The predicted octanol–water partition coefficient (Wildman–Crippen LogP) is 4.82. The van der Waals surface area contributed by atoms with Crippen LogP contribution in [-0.4, -0.2) is 16.2 Å². The van der Waals surface area contributed by atoms with Gasteiger partial charge >= 0.3 is 0 Å². The van der Waals surface area contributed by atoms with E-state index in [1.807, 2.05) is 0 Å². The third kappa shape index (κ3) is 3.14. The fourth-order valence-corrected chi connectivity index (χ4v) is 3.09. The lowest BCUT2D eigenvalue weighted by atomic mass is 10.1. The number of aryl methyl sites for hydroxylation is 2. The van der Waals surface area contributed by atoms with Gasteiger partial charge in [-0.1, -0.05) is 19.1 Å². The van der Waals surface area contributed by atoms with Crippen LogP contribution in [0, 0.1) is 19.7 Å². The number of halogens is 1. The lowest BCUT2D eigenvalue weighted by Crippen LogP contribution is -2.06. The molecule has 0 saturated heterocycles. The van der Waals surface area contributed by atoms with Gasteiger partial charge in [0.15, 0.2) is 0 Å². The Kier molecular flexibility index (Phi) is 4.84. The summed E-state index contributed by atoms with van der Waals surface area (Å²) in [4.78, 5) is 4.45. The van der Waals surface area contributed by atoms with E-state index >= 15 is 0 Å². The number of ether oxygens (including phenoxy) is 1. The number of nitrogens with zero attached hydrogens (tertiary/aromatic N) is 2. The molecule has 3 aromatic rings. The summed E-state index contributed by atoms with van der Waals surface area (Å²) in [6, 6.07) is 8.60. The molecule has 0 atom stereocenters. The minimum absolute atomic E-state index is 0.213. The molecule has 0 unspecified atom stereocenters. The summed E-state index contributed by atoms with van der Waals surface area (Å²) in [7, 11) is 0. The van der Waals surface area contributed by atoms with Crippen LogP contribution >= 0.6 is 0 Å². The van der Waals surface area contributed by atoms with Crippen molar-refractivity contribution in [3.8, 4) is 5.88 Å². The number of benzene rings is 1. The van der Waals surface area contributed by atoms with Gasteiger partial charge in [-0.25, -0.2) is 9.37 Å². The third-order valence-electron chi connectivity index (χ3n) is 4.50. The Morgan fingerprint density at radius 2 is 1.88 bits per heavy atom. The normalized spacial score (nSPS) is 11.2. The van der Waals surface area contributed by atoms with E-state index in [4.69, 9.17) is 4.74 Å². The maximum Gasteiger partial charge on any atom is 0.238 e. The number of fused-ring (bicyclic) bond motifs is 1. The standard InChI is InChI=1S/C20H23FN2O/c1-4-12-23-15(3)14(2)18-9-11-22-20(19(18)23)24-13-10-16-5-7-17(21)8-6-16/h5-9,11H,4,10,12-13H2,1-3H3. The molecule has 1 aromatic carbocycles. The zero-order valence-corrected chi connectivity index (χ0v) is 14.5. The number of hydrogen-bond donors (Lipinski definition) is 0. The van der Waals surface area contributed by atoms with E-state index in [0.29, 0.717) is 12.5 Å². The maximum atomic E-state index is 13.0. The first kappa shape index (κ1) is 16.5. The second-order valence-electron chi connectivity index (χ2n) is 6.10. The zero-order valence-electron chi connectivity index (χ0n) is 14.5. The second kappa shape index (κ2) is 7.04. The lowest BCUT2D eigenvalue weighted by molar-refractivity contribution is 0.312. The van der Waals surface area contributed by atoms with Crippen molar-refractivity contribution in [2.24, 2.45) is 0 Å². The number of aromatic nitrogens is 2. The second-order valence-corrected chi connectivity index (χ2v) is 6.10. The summed E-state index contributed by atoms with van der Waals surface area (Å²) in [6.07, 6.45) is 3.59. The fourth-order valence-electron chi connectivity index (χ4n) is 3.09. The molecule has 0 spiro atoms. The van der Waals surface area contributed by atoms with Gasteiger partial charge in [-0.05, 0) is 49.6 Å². The van der Waals surface area contributed by atoms with Crippen molar-refractivity contribution in [2.45, 2.75) is 40.2 Å². The molecule has 0 amide bonds. The topological polar surface area (TPSA) is 27.1 Å². The Hall–Kier alpha value is -2.36. The van der Waals surface area contributed by atoms with E-state index in [0.717, 1.165) is 30.5 Å². The molecule has 4 heteroatoms. The highest BCUT2D eigenvalue weighted by atomic mass is 19.1. The molecule has 0 radical (unpaired) electrons. The van der Waals surface area contributed by atoms with Crippen LogP contribution in [0.15, 0.2) is 36.5 Å². The van der Waals surface area contributed by atoms with Crippen LogP contribution < -0.4 is 4.74 Å². The third-order valence-corrected chi connectivity index (χ3v) is 4.50. The highest BCUT2D eigenvalue weighted by molar-refractivity contribution is 5.88. The smallest absolute Gasteiger partial charge is 0.238 e. The van der Waals surface area contributed by atoms with Crippen molar-refractivity contribution in [2.75, 3.05) is 6.61 Å². The van der Waals surface area contributed by atoms with Gasteiger partial charge in [-0.2, -0.15) is 0 Å². The highest BCUT2D eigenvalue weighted by Crippen LogP contribution is 2.31. The Morgan fingerprint density at radius 3 is 2.58 bits per heavy atom. The molecule has 2 aromatic heterocycles. The zero-order chi connectivity index (χ0) is 17.1. The summed E-state index contributed by atoms with van der Waals surface area (Å²) in [5.74, 6) is 0.466. The SMILES string of the molecule is CCCn1c(C)c(C)c2ccnc(OCCc3ccc(F)cc3)c21. The van der Waals surface area contributed by atoms with Gasteiger partial charge in [0, 0.05) is 30.2 Å². The quantitative estimate of drug-likeness (QED) is 0.649. The van der Waals surface area contributed by atoms with Crippen LogP contribution in [0.4, 0.5) is 4.39 Å². The monoisotopic (exact) mass is 326 g/mol. The molecule has 0 aliphatic carbocycles. The van der Waals surface area contributed by atoms with Crippen LogP contribution in [0.3, 0.4) is 0 Å². The number of hydrogen-bond acceptors (Lipinski definition) is 2. The minimum Gasteiger partial charge on any atom is -0.476 e. The molecule has 3 nitrogen and oxygen atoms in total. The number of rotatable bonds is 6. The summed E-state index contributed by atoms with van der Waals surface area (Å²) in [5, 5.41) is 1.20. The van der Waals surface area contributed by atoms with Crippen molar-refractivity contribution in [3.05, 3.63) is 59.2 Å². The number of pyridine rings is 1. The van der Waals surface area contributed by atoms with Crippen molar-refractivity contribution in [1.29, 1.82) is 0 Å². The summed E-state index contributed by atoms with van der Waals surface area (Å²) >= 11 is 0. The lowest BCUT2D eigenvalue weighted by Gasteiger charge is -2.11. The highest BCUT2D eigenvalue weighted by Gasteiger charge is 2.15. The Morgan fingerprint density at radius 1 is 1.12 bits per heavy atom. The molecule has 3 rings (SSSR count). The Bertz CT molecular complexity index is 837. The van der Waals surface area contributed by atoms with Crippen LogP contribution in [0.25, 0.3) is 10.9 Å². The Balaban J connectivity index is 1.83. The van der Waals surface area contributed by atoms with Crippen LogP contribution in [0.1, 0.15) is 30.2 Å². The van der Waals surface area contributed by atoms with Gasteiger partial charge in [-0.15, -0.1) is 0 Å². The van der Waals surface area contributed by atoms with E-state index in [2.05, 4.69) is 36.4 Å². The molecule has 0 fully saturated rings. The van der Waals surface area contributed by atoms with Gasteiger partial charge in [0.2, 0.25) is 5.88 Å². The first-order valence-corrected chi connectivity index (χ1v) is 8.43. The first-order valence-electron chi connectivity index (χ1n) is 8.43. The van der Waals surface area contributed by atoms with Crippen molar-refractivity contribution in [1.82, 2.24) is 9.55 Å². The molecule has 24 heavy (non-hydrogen) atoms. The van der Waals surface area contributed by atoms with Gasteiger partial charge in [0.05, 0.1) is 6.61 Å². The first-order chi connectivity index (χ1) is 11.6. The Labute approximate surface area is 142 Å². The van der Waals surface area contributed by atoms with Gasteiger partial charge in [0.1, 0.15) is 11.3 Å². The van der Waals surface area contributed by atoms with Crippen molar-refractivity contribution < 1.29 is 9.13 Å². The van der Waals surface area contributed by atoms with Crippen molar-refractivity contribution in [3.63, 3.8) is 0 Å². The van der Waals surface area contributed by atoms with E-state index in [9.17, 15) is 4.39 Å². The van der Waals surface area contributed by atoms with Crippen LogP contribution in [0.5, 0.6) is 5.88 Å². The van der Waals surface area contributed by atoms with E-state index in [-0.39, 0.29) is 5.82 Å². The predicted molar refractivity (Wildman–Crippen MR) is 95.1 cm³/mol. The minimum atomic E-state index is -0.213. The summed E-state index contributed by atoms with van der Waals surface area (Å²) in [5.41, 5.74) is 4.68. The van der Waals surface area contributed by atoms with Crippen LogP contribution in [-0.2, 0) is 13.0 Å².